The number of fused-ring (bicyclic) bond motifs is 1. The molecule has 2 aromatic carbocycles. The highest BCUT2D eigenvalue weighted by Crippen LogP contribution is 2.31. The molecule has 3 N–H and O–H groups in total. The number of anilines is 1. The number of amides is 1. The van der Waals surface area contributed by atoms with Crippen molar-refractivity contribution in [2.75, 3.05) is 44.4 Å². The molecular formula is C27H30N4O4. The number of benzene rings is 2. The minimum atomic E-state index is -1.07. The second kappa shape index (κ2) is 10.7. The molecule has 4 rings (SSSR count). The normalized spacial score (nSPS) is 15.5. The Bertz CT molecular complexity index is 1300. The average molecular weight is 475 g/mol. The molecule has 0 spiro atoms. The molecule has 1 atom stereocenters. The van der Waals surface area contributed by atoms with Crippen molar-refractivity contribution in [1.29, 1.82) is 5.26 Å². The van der Waals surface area contributed by atoms with E-state index in [1.165, 1.54) is 5.69 Å². The predicted molar refractivity (Wildman–Crippen MR) is 136 cm³/mol. The smallest absolute Gasteiger partial charge is 0.262 e. The van der Waals surface area contributed by atoms with Gasteiger partial charge in [0.15, 0.2) is 0 Å². The number of nitriles is 1. The lowest BCUT2D eigenvalue weighted by Gasteiger charge is -2.29. The van der Waals surface area contributed by atoms with Crippen molar-refractivity contribution >= 4 is 27.9 Å². The fraction of sp³-hybridized carbons (Fsp3) is 0.333. The number of hydrogen-bond acceptors (Lipinski definition) is 6. The maximum Gasteiger partial charge on any atom is 0.262 e. The van der Waals surface area contributed by atoms with Crippen molar-refractivity contribution in [2.45, 2.75) is 13.0 Å². The van der Waals surface area contributed by atoms with Gasteiger partial charge in [-0.25, -0.2) is 0 Å². The number of hydrogen-bond donors (Lipinski definition) is 3. The van der Waals surface area contributed by atoms with Crippen molar-refractivity contribution in [3.8, 4) is 17.3 Å². The van der Waals surface area contributed by atoms with Crippen molar-refractivity contribution in [2.24, 2.45) is 7.05 Å². The Kier molecular flexibility index (Phi) is 7.51. The van der Waals surface area contributed by atoms with Gasteiger partial charge in [0.25, 0.3) is 5.91 Å². The highest BCUT2D eigenvalue weighted by Gasteiger charge is 2.18. The minimum Gasteiger partial charge on any atom is -0.394 e. The number of aliphatic hydroxyl groups excluding tert-OH is 2. The van der Waals surface area contributed by atoms with E-state index in [1.807, 2.05) is 29.8 Å². The van der Waals surface area contributed by atoms with E-state index < -0.39 is 18.6 Å². The highest BCUT2D eigenvalue weighted by atomic mass is 16.5. The summed E-state index contributed by atoms with van der Waals surface area (Å²) < 4.78 is 7.42. The fourth-order valence-electron chi connectivity index (χ4n) is 4.38. The van der Waals surface area contributed by atoms with Crippen LogP contribution in [0.3, 0.4) is 0 Å². The van der Waals surface area contributed by atoms with Gasteiger partial charge >= 0.3 is 0 Å². The number of carbonyl (C=O) groups is 1. The van der Waals surface area contributed by atoms with Gasteiger partial charge in [-0.1, -0.05) is 18.2 Å². The van der Waals surface area contributed by atoms with Crippen molar-refractivity contribution in [3.63, 3.8) is 0 Å². The van der Waals surface area contributed by atoms with Crippen LogP contribution in [-0.4, -0.2) is 66.2 Å². The van der Waals surface area contributed by atoms with Crippen LogP contribution in [0.4, 0.5) is 5.69 Å². The topological polar surface area (TPSA) is 111 Å². The number of allylic oxidation sites excluding steroid dienone is 1. The van der Waals surface area contributed by atoms with Gasteiger partial charge in [-0.15, -0.1) is 0 Å². The van der Waals surface area contributed by atoms with E-state index in [9.17, 15) is 15.2 Å². The van der Waals surface area contributed by atoms with E-state index in [4.69, 9.17) is 9.84 Å². The molecule has 1 aliphatic rings. The monoisotopic (exact) mass is 474 g/mol. The number of rotatable bonds is 7. The van der Waals surface area contributed by atoms with E-state index in [0.717, 1.165) is 54.0 Å². The molecule has 8 nitrogen and oxygen atoms in total. The number of aromatic nitrogens is 1. The third-order valence-electron chi connectivity index (χ3n) is 6.42. The molecule has 1 aliphatic heterocycles. The van der Waals surface area contributed by atoms with Gasteiger partial charge in [-0.05, 0) is 59.2 Å². The molecule has 0 aliphatic carbocycles. The Morgan fingerprint density at radius 2 is 1.86 bits per heavy atom. The summed E-state index contributed by atoms with van der Waals surface area (Å²) in [7, 11) is 1.91. The van der Waals surface area contributed by atoms with E-state index in [1.54, 1.807) is 6.92 Å². The Balaban J connectivity index is 1.60. The molecule has 35 heavy (non-hydrogen) atoms. The summed E-state index contributed by atoms with van der Waals surface area (Å²) in [5.41, 5.74) is 4.45. The van der Waals surface area contributed by atoms with Gasteiger partial charge < -0.3 is 29.7 Å². The lowest BCUT2D eigenvalue weighted by Crippen LogP contribution is -2.36. The largest absolute Gasteiger partial charge is 0.394 e. The third-order valence-corrected chi connectivity index (χ3v) is 6.42. The molecule has 8 heteroatoms. The van der Waals surface area contributed by atoms with Crippen LogP contribution >= 0.6 is 0 Å². The van der Waals surface area contributed by atoms with Gasteiger partial charge in [0.2, 0.25) is 0 Å². The van der Waals surface area contributed by atoms with Gasteiger partial charge in [-0.2, -0.15) is 5.26 Å². The summed E-state index contributed by atoms with van der Waals surface area (Å²) in [4.78, 5) is 14.8. The number of morpholine rings is 1. The Morgan fingerprint density at radius 3 is 2.57 bits per heavy atom. The summed E-state index contributed by atoms with van der Waals surface area (Å²) >= 11 is 0. The van der Waals surface area contributed by atoms with Gasteiger partial charge in [0.05, 0.1) is 25.9 Å². The molecule has 0 bridgehead atoms. The van der Waals surface area contributed by atoms with Crippen molar-refractivity contribution in [3.05, 3.63) is 59.8 Å². The van der Waals surface area contributed by atoms with Crippen molar-refractivity contribution in [1.82, 2.24) is 9.88 Å². The van der Waals surface area contributed by atoms with Gasteiger partial charge in [-0.3, -0.25) is 4.79 Å². The summed E-state index contributed by atoms with van der Waals surface area (Å²) in [5.74, 6) is -0.581. The van der Waals surface area contributed by atoms with Crippen LogP contribution in [0.2, 0.25) is 0 Å². The van der Waals surface area contributed by atoms with E-state index in [0.29, 0.717) is 5.57 Å². The third kappa shape index (κ3) is 5.23. The molecule has 0 radical (unpaired) electrons. The molecule has 1 fully saturated rings. The number of nitrogens with zero attached hydrogens (tertiary/aromatic N) is 3. The fourth-order valence-corrected chi connectivity index (χ4v) is 4.38. The Morgan fingerprint density at radius 1 is 1.14 bits per heavy atom. The zero-order chi connectivity index (χ0) is 24.9. The maximum atomic E-state index is 12.5. The Labute approximate surface area is 204 Å². The number of nitrogens with one attached hydrogen (secondary N) is 1. The molecule has 1 unspecified atom stereocenters. The molecule has 2 heterocycles. The first-order chi connectivity index (χ1) is 16.9. The van der Waals surface area contributed by atoms with Gasteiger partial charge in [0, 0.05) is 43.8 Å². The second-order valence-corrected chi connectivity index (χ2v) is 8.67. The molecular weight excluding hydrogens is 444 g/mol. The standard InChI is InChI=1S/C27H30N4O4/c1-18(24(15-28)27(34)29-16-23(33)17-32)25-7-8-26(30(25)2)21-4-3-20-14-22(6-5-19(20)13-21)31-9-11-35-12-10-31/h3-8,13-14,23,32-33H,9-12,16-17H2,1-2H3,(H,29,34). The quantitative estimate of drug-likeness (QED) is 0.358. The first-order valence-electron chi connectivity index (χ1n) is 11.6. The van der Waals surface area contributed by atoms with Gasteiger partial charge in [0.1, 0.15) is 11.6 Å². The second-order valence-electron chi connectivity index (χ2n) is 8.67. The summed E-state index contributed by atoms with van der Waals surface area (Å²) in [6.45, 7) is 4.43. The van der Waals surface area contributed by atoms with Crippen LogP contribution in [0.5, 0.6) is 0 Å². The molecule has 3 aromatic rings. The maximum absolute atomic E-state index is 12.5. The number of carbonyl (C=O) groups excluding carboxylic acids is 1. The SMILES string of the molecule is CC(=C(C#N)C(=O)NCC(O)CO)c1ccc(-c2ccc3cc(N4CCOCC4)ccc3c2)n1C. The van der Waals surface area contributed by atoms with Crippen LogP contribution in [0.25, 0.3) is 27.6 Å². The lowest BCUT2D eigenvalue weighted by molar-refractivity contribution is -0.117. The van der Waals surface area contributed by atoms with E-state index in [-0.39, 0.29) is 12.1 Å². The van der Waals surface area contributed by atoms with Crippen LogP contribution < -0.4 is 10.2 Å². The molecule has 1 amide bonds. The van der Waals surface area contributed by atoms with Crippen molar-refractivity contribution < 1.29 is 19.7 Å². The lowest BCUT2D eigenvalue weighted by atomic mass is 10.0. The van der Waals surface area contributed by atoms with Crippen LogP contribution in [-0.2, 0) is 16.6 Å². The Hall–Kier alpha value is -3.64. The predicted octanol–water partition coefficient (Wildman–Crippen LogP) is 2.45. The zero-order valence-electron chi connectivity index (χ0n) is 20.0. The van der Waals surface area contributed by atoms with Crippen LogP contribution in [0.15, 0.2) is 54.1 Å². The number of aliphatic hydroxyl groups is 2. The average Bonchev–Trinajstić information content (AvgIpc) is 3.28. The molecule has 1 saturated heterocycles. The number of ether oxygens (including phenoxy) is 1. The summed E-state index contributed by atoms with van der Waals surface area (Å²) in [6.07, 6.45) is -1.07. The van der Waals surface area contributed by atoms with Crippen LogP contribution in [0, 0.1) is 11.3 Å². The highest BCUT2D eigenvalue weighted by molar-refractivity contribution is 6.04. The van der Waals surface area contributed by atoms with E-state index in [2.05, 4.69) is 46.6 Å². The van der Waals surface area contributed by atoms with E-state index >= 15 is 0 Å². The van der Waals surface area contributed by atoms with Crippen LogP contribution in [0.1, 0.15) is 12.6 Å². The molecule has 182 valence electrons. The summed E-state index contributed by atoms with van der Waals surface area (Å²) in [6, 6.07) is 18.7. The molecule has 1 aromatic heterocycles. The minimum absolute atomic E-state index is 0.0305. The zero-order valence-corrected chi connectivity index (χ0v) is 20.0. The first-order valence-corrected chi connectivity index (χ1v) is 11.6. The first kappa shape index (κ1) is 24.5. The molecule has 0 saturated carbocycles. The summed E-state index contributed by atoms with van der Waals surface area (Å²) in [5, 5.41) is 32.8.